The molecule has 0 amide bonds. The van der Waals surface area contributed by atoms with E-state index in [4.69, 9.17) is 5.11 Å². The van der Waals surface area contributed by atoms with Gasteiger partial charge >= 0.3 is 0 Å². The van der Waals surface area contributed by atoms with Gasteiger partial charge in [-0.25, -0.2) is 4.39 Å². The Labute approximate surface area is 76.4 Å². The van der Waals surface area contributed by atoms with Gasteiger partial charge in [0.1, 0.15) is 11.6 Å². The summed E-state index contributed by atoms with van der Waals surface area (Å²) in [4.78, 5) is 0. The highest BCUT2D eigenvalue weighted by Gasteiger charge is 2.19. The second-order valence-electron chi connectivity index (χ2n) is 3.35. The van der Waals surface area contributed by atoms with Crippen LogP contribution in [0.2, 0.25) is 0 Å². The molecule has 0 aromatic heterocycles. The minimum atomic E-state index is -0.320. The number of halogens is 1. The summed E-state index contributed by atoms with van der Waals surface area (Å²) >= 11 is 0. The molecule has 1 aromatic carbocycles. The van der Waals surface area contributed by atoms with Crippen molar-refractivity contribution in [3.05, 3.63) is 29.6 Å². The van der Waals surface area contributed by atoms with Gasteiger partial charge in [-0.15, -0.1) is 0 Å². The maximum atomic E-state index is 13.3. The number of rotatable bonds is 1. The lowest BCUT2D eigenvalue weighted by atomic mass is 10.0. The lowest BCUT2D eigenvalue weighted by molar-refractivity contribution is 0.465. The van der Waals surface area contributed by atoms with Gasteiger partial charge in [-0.2, -0.15) is 0 Å². The zero-order chi connectivity index (χ0) is 9.26. The monoisotopic (exact) mass is 181 g/mol. The van der Waals surface area contributed by atoms with Crippen LogP contribution in [0.3, 0.4) is 0 Å². The van der Waals surface area contributed by atoms with E-state index in [1.54, 1.807) is 6.07 Å². The normalized spacial score (nSPS) is 22.1. The minimum Gasteiger partial charge on any atom is -0.508 e. The van der Waals surface area contributed by atoms with Crippen LogP contribution >= 0.6 is 0 Å². The summed E-state index contributed by atoms with van der Waals surface area (Å²) in [5.74, 6) is -0.335. The Hall–Kier alpha value is -1.09. The van der Waals surface area contributed by atoms with E-state index in [2.05, 4.69) is 5.32 Å². The van der Waals surface area contributed by atoms with E-state index < -0.39 is 0 Å². The SMILES string of the molecule is Oc1ccc([C@@H]2CCCN2)c(F)c1. The first-order chi connectivity index (χ1) is 6.27. The van der Waals surface area contributed by atoms with Gasteiger partial charge in [0.05, 0.1) is 0 Å². The van der Waals surface area contributed by atoms with Gasteiger partial charge in [0.2, 0.25) is 0 Å². The smallest absolute Gasteiger partial charge is 0.131 e. The highest BCUT2D eigenvalue weighted by Crippen LogP contribution is 2.27. The molecule has 0 spiro atoms. The Morgan fingerprint density at radius 2 is 2.31 bits per heavy atom. The number of aromatic hydroxyl groups is 1. The largest absolute Gasteiger partial charge is 0.508 e. The summed E-state index contributed by atoms with van der Waals surface area (Å²) in [5, 5.41) is 12.2. The molecule has 0 aliphatic carbocycles. The average molecular weight is 181 g/mol. The van der Waals surface area contributed by atoms with Gasteiger partial charge in [0.15, 0.2) is 0 Å². The fraction of sp³-hybridized carbons (Fsp3) is 0.400. The van der Waals surface area contributed by atoms with E-state index in [0.717, 1.165) is 25.5 Å². The third kappa shape index (κ3) is 1.65. The molecular weight excluding hydrogens is 169 g/mol. The molecule has 1 fully saturated rings. The van der Waals surface area contributed by atoms with Crippen molar-refractivity contribution in [3.8, 4) is 5.75 Å². The van der Waals surface area contributed by atoms with Crippen LogP contribution in [0.25, 0.3) is 0 Å². The average Bonchev–Trinajstić information content (AvgIpc) is 2.56. The Morgan fingerprint density at radius 1 is 1.46 bits per heavy atom. The molecule has 2 N–H and O–H groups in total. The van der Waals surface area contributed by atoms with Crippen molar-refractivity contribution in [3.63, 3.8) is 0 Å². The van der Waals surface area contributed by atoms with E-state index in [9.17, 15) is 4.39 Å². The Balaban J connectivity index is 2.29. The molecule has 2 rings (SSSR count). The number of phenols is 1. The maximum absolute atomic E-state index is 13.3. The first-order valence-electron chi connectivity index (χ1n) is 4.49. The summed E-state index contributed by atoms with van der Waals surface area (Å²) < 4.78 is 13.3. The van der Waals surface area contributed by atoms with Crippen molar-refractivity contribution in [1.82, 2.24) is 5.32 Å². The maximum Gasteiger partial charge on any atom is 0.131 e. The summed E-state index contributed by atoms with van der Waals surface area (Å²) in [6, 6.07) is 4.46. The summed E-state index contributed by atoms with van der Waals surface area (Å²) in [6.07, 6.45) is 2.06. The molecule has 1 aromatic rings. The molecule has 1 aliphatic heterocycles. The van der Waals surface area contributed by atoms with Gasteiger partial charge in [0.25, 0.3) is 0 Å². The fourth-order valence-corrected chi connectivity index (χ4v) is 1.75. The lowest BCUT2D eigenvalue weighted by Gasteiger charge is -2.11. The molecule has 70 valence electrons. The second-order valence-corrected chi connectivity index (χ2v) is 3.35. The van der Waals surface area contributed by atoms with Gasteiger partial charge in [-0.3, -0.25) is 0 Å². The highest BCUT2D eigenvalue weighted by molar-refractivity contribution is 5.30. The van der Waals surface area contributed by atoms with Crippen LogP contribution in [0.1, 0.15) is 24.4 Å². The van der Waals surface area contributed by atoms with Crippen LogP contribution in [0.4, 0.5) is 4.39 Å². The summed E-state index contributed by atoms with van der Waals surface area (Å²) in [5.41, 5.74) is 0.662. The van der Waals surface area contributed by atoms with Gasteiger partial charge in [-0.1, -0.05) is 6.07 Å². The summed E-state index contributed by atoms with van der Waals surface area (Å²) in [7, 11) is 0. The van der Waals surface area contributed by atoms with Gasteiger partial charge in [0, 0.05) is 17.7 Å². The van der Waals surface area contributed by atoms with Crippen molar-refractivity contribution in [2.24, 2.45) is 0 Å². The molecule has 0 unspecified atom stereocenters. The first-order valence-corrected chi connectivity index (χ1v) is 4.49. The van der Waals surface area contributed by atoms with E-state index in [-0.39, 0.29) is 17.6 Å². The number of phenolic OH excluding ortho intramolecular Hbond substituents is 1. The standard InChI is InChI=1S/C10H12FNO/c11-9-6-7(13)3-4-8(9)10-2-1-5-12-10/h3-4,6,10,12-13H,1-2,5H2/t10-/m0/s1. The van der Waals surface area contributed by atoms with E-state index in [0.29, 0.717) is 5.56 Å². The third-order valence-electron chi connectivity index (χ3n) is 2.42. The molecular formula is C10H12FNO. The molecule has 0 bridgehead atoms. The Kier molecular flexibility index (Phi) is 2.19. The predicted octanol–water partition coefficient (Wildman–Crippen LogP) is 1.96. The van der Waals surface area contributed by atoms with Crippen molar-refractivity contribution >= 4 is 0 Å². The molecule has 1 heterocycles. The van der Waals surface area contributed by atoms with E-state index in [1.165, 1.54) is 6.07 Å². The van der Waals surface area contributed by atoms with Crippen molar-refractivity contribution in [2.45, 2.75) is 18.9 Å². The van der Waals surface area contributed by atoms with Crippen LogP contribution in [0.15, 0.2) is 18.2 Å². The minimum absolute atomic E-state index is 0.0146. The predicted molar refractivity (Wildman–Crippen MR) is 48.0 cm³/mol. The quantitative estimate of drug-likeness (QED) is 0.694. The Bertz CT molecular complexity index is 308. The Morgan fingerprint density at radius 3 is 2.92 bits per heavy atom. The summed E-state index contributed by atoms with van der Waals surface area (Å²) in [6.45, 7) is 0.949. The number of hydrogen-bond acceptors (Lipinski definition) is 2. The number of hydrogen-bond donors (Lipinski definition) is 2. The first kappa shape index (κ1) is 8.51. The molecule has 0 saturated carbocycles. The van der Waals surface area contributed by atoms with Crippen molar-refractivity contribution in [1.29, 1.82) is 0 Å². The molecule has 1 atom stereocenters. The van der Waals surface area contributed by atoms with Crippen LogP contribution in [0, 0.1) is 5.82 Å². The van der Waals surface area contributed by atoms with Crippen LogP contribution in [0.5, 0.6) is 5.75 Å². The zero-order valence-electron chi connectivity index (χ0n) is 7.26. The lowest BCUT2D eigenvalue weighted by Crippen LogP contribution is -2.14. The van der Waals surface area contributed by atoms with Crippen LogP contribution in [-0.4, -0.2) is 11.7 Å². The topological polar surface area (TPSA) is 32.3 Å². The van der Waals surface area contributed by atoms with Gasteiger partial charge < -0.3 is 10.4 Å². The molecule has 3 heteroatoms. The number of nitrogens with one attached hydrogen (secondary N) is 1. The molecule has 2 nitrogen and oxygen atoms in total. The molecule has 1 saturated heterocycles. The zero-order valence-corrected chi connectivity index (χ0v) is 7.26. The van der Waals surface area contributed by atoms with Gasteiger partial charge in [-0.05, 0) is 25.5 Å². The molecule has 13 heavy (non-hydrogen) atoms. The van der Waals surface area contributed by atoms with Crippen LogP contribution < -0.4 is 5.32 Å². The number of benzene rings is 1. The van der Waals surface area contributed by atoms with Crippen molar-refractivity contribution in [2.75, 3.05) is 6.54 Å². The fourth-order valence-electron chi connectivity index (χ4n) is 1.75. The highest BCUT2D eigenvalue weighted by atomic mass is 19.1. The third-order valence-corrected chi connectivity index (χ3v) is 2.42. The molecule has 0 radical (unpaired) electrons. The van der Waals surface area contributed by atoms with E-state index >= 15 is 0 Å². The molecule has 1 aliphatic rings. The second kappa shape index (κ2) is 3.34. The van der Waals surface area contributed by atoms with E-state index in [1.807, 2.05) is 0 Å². The van der Waals surface area contributed by atoms with Crippen molar-refractivity contribution < 1.29 is 9.50 Å². The van der Waals surface area contributed by atoms with Crippen LogP contribution in [-0.2, 0) is 0 Å².